The zero-order valence-corrected chi connectivity index (χ0v) is 23.2. The summed E-state index contributed by atoms with van der Waals surface area (Å²) in [5, 5.41) is 3.61. The minimum absolute atomic E-state index is 0.168. The maximum absolute atomic E-state index is 13.4. The van der Waals surface area contributed by atoms with Crippen LogP contribution in [0.25, 0.3) is 10.9 Å². The van der Waals surface area contributed by atoms with Crippen LogP contribution in [0.2, 0.25) is 0 Å². The molecular weight excluding hydrogens is 454 g/mol. The summed E-state index contributed by atoms with van der Waals surface area (Å²) in [6.45, 7) is 10.8. The van der Waals surface area contributed by atoms with E-state index in [0.29, 0.717) is 11.8 Å². The molecule has 4 rings (SSSR count). The highest BCUT2D eigenvalue weighted by atomic mass is 16.6. The zero-order chi connectivity index (χ0) is 26.5. The fourth-order valence-corrected chi connectivity index (χ4v) is 5.34. The molecule has 1 atom stereocenters. The summed E-state index contributed by atoms with van der Waals surface area (Å²) >= 11 is 0. The molecule has 1 saturated carbocycles. The molecule has 1 aliphatic heterocycles. The summed E-state index contributed by atoms with van der Waals surface area (Å²) in [5.41, 5.74) is 3.39. The van der Waals surface area contributed by atoms with E-state index in [1.54, 1.807) is 7.11 Å². The van der Waals surface area contributed by atoms with Gasteiger partial charge in [0, 0.05) is 36.1 Å². The molecule has 0 radical (unpaired) electrons. The van der Waals surface area contributed by atoms with Crippen molar-refractivity contribution in [2.75, 3.05) is 20.7 Å². The molecule has 1 aliphatic carbocycles. The van der Waals surface area contributed by atoms with Gasteiger partial charge in [0.1, 0.15) is 11.4 Å². The molecule has 2 aromatic rings. The summed E-state index contributed by atoms with van der Waals surface area (Å²) in [4.78, 5) is 29.7. The van der Waals surface area contributed by atoms with Crippen LogP contribution in [0.3, 0.4) is 0 Å². The van der Waals surface area contributed by atoms with Gasteiger partial charge in [-0.15, -0.1) is 0 Å². The molecule has 2 aliphatic rings. The second kappa shape index (κ2) is 12.0. The Kier molecular flexibility index (Phi) is 9.31. The minimum Gasteiger partial charge on any atom is -0.497 e. The van der Waals surface area contributed by atoms with E-state index in [1.807, 2.05) is 26.8 Å². The van der Waals surface area contributed by atoms with Gasteiger partial charge in [-0.2, -0.15) is 0 Å². The summed E-state index contributed by atoms with van der Waals surface area (Å²) < 4.78 is 10.3. The van der Waals surface area contributed by atoms with E-state index in [2.05, 4.69) is 41.2 Å². The Morgan fingerprint density at radius 3 is 2.42 bits per heavy atom. The number of amides is 2. The number of hydrogen-bond acceptors (Lipinski definition) is 4. The molecule has 1 aromatic carbocycles. The topological polar surface area (TPSA) is 83.7 Å². The number of benzene rings is 1. The lowest BCUT2D eigenvalue weighted by atomic mass is 9.85. The number of hydrogen-bond donors (Lipinski definition) is 2. The van der Waals surface area contributed by atoms with Crippen LogP contribution in [0.1, 0.15) is 90.4 Å². The lowest BCUT2D eigenvalue weighted by Gasteiger charge is -2.39. The highest BCUT2D eigenvalue weighted by molar-refractivity contribution is 5.87. The van der Waals surface area contributed by atoms with E-state index in [-0.39, 0.29) is 23.7 Å². The molecule has 2 N–H and O–H groups in total. The van der Waals surface area contributed by atoms with Gasteiger partial charge in [-0.3, -0.25) is 4.79 Å². The highest BCUT2D eigenvalue weighted by Crippen LogP contribution is 2.40. The van der Waals surface area contributed by atoms with Crippen LogP contribution >= 0.6 is 0 Å². The number of carbonyl (C=O) groups is 2. The zero-order valence-electron chi connectivity index (χ0n) is 23.2. The molecule has 0 spiro atoms. The van der Waals surface area contributed by atoms with E-state index < -0.39 is 0 Å². The summed E-state index contributed by atoms with van der Waals surface area (Å²) in [5.74, 6) is 2.07. The smallest absolute Gasteiger partial charge is 0.407 e. The van der Waals surface area contributed by atoms with Gasteiger partial charge < -0.3 is 24.7 Å². The molecule has 200 valence electrons. The van der Waals surface area contributed by atoms with Crippen LogP contribution in [0.4, 0.5) is 4.79 Å². The number of methoxy groups -OCH3 is 1. The van der Waals surface area contributed by atoms with Crippen LogP contribution in [0.5, 0.6) is 5.75 Å². The van der Waals surface area contributed by atoms with Crippen molar-refractivity contribution in [1.29, 1.82) is 0 Å². The van der Waals surface area contributed by atoms with Crippen molar-refractivity contribution in [3.63, 3.8) is 0 Å². The fourth-order valence-electron chi connectivity index (χ4n) is 5.34. The number of rotatable bonds is 4. The number of aromatic nitrogens is 1. The number of carbonyl (C=O) groups excluding carboxylic acids is 2. The van der Waals surface area contributed by atoms with Gasteiger partial charge in [-0.1, -0.05) is 33.1 Å². The first-order valence-electron chi connectivity index (χ1n) is 13.4. The van der Waals surface area contributed by atoms with Crippen LogP contribution in [-0.2, 0) is 16.0 Å². The first kappa shape index (κ1) is 27.9. The molecule has 1 unspecified atom stereocenters. The van der Waals surface area contributed by atoms with E-state index in [1.165, 1.54) is 43.0 Å². The average molecular weight is 500 g/mol. The number of nitrogens with one attached hydrogen (secondary N) is 2. The molecule has 36 heavy (non-hydrogen) atoms. The van der Waals surface area contributed by atoms with Gasteiger partial charge in [0.15, 0.2) is 0 Å². The molecule has 7 heteroatoms. The predicted molar refractivity (Wildman–Crippen MR) is 144 cm³/mol. The molecular formula is C29H45N3O4. The lowest BCUT2D eigenvalue weighted by Crippen LogP contribution is -2.44. The third-order valence-corrected chi connectivity index (χ3v) is 6.99. The van der Waals surface area contributed by atoms with Crippen molar-refractivity contribution in [2.24, 2.45) is 11.8 Å². The third-order valence-electron chi connectivity index (χ3n) is 6.99. The van der Waals surface area contributed by atoms with E-state index in [9.17, 15) is 9.59 Å². The number of H-pyrrole nitrogens is 1. The summed E-state index contributed by atoms with van der Waals surface area (Å²) in [6.07, 6.45) is 7.38. The Morgan fingerprint density at radius 2 is 1.86 bits per heavy atom. The molecule has 2 heterocycles. The summed E-state index contributed by atoms with van der Waals surface area (Å²) in [7, 11) is 3.25. The lowest BCUT2D eigenvalue weighted by molar-refractivity contribution is -0.140. The second-order valence-electron chi connectivity index (χ2n) is 11.4. The minimum atomic E-state index is -0.389. The third kappa shape index (κ3) is 6.95. The molecule has 0 bridgehead atoms. The number of nitrogens with zero attached hydrogens (tertiary/aromatic N) is 1. The monoisotopic (exact) mass is 499 g/mol. The van der Waals surface area contributed by atoms with E-state index >= 15 is 0 Å². The van der Waals surface area contributed by atoms with E-state index in [4.69, 9.17) is 9.47 Å². The van der Waals surface area contributed by atoms with Crippen molar-refractivity contribution in [3.8, 4) is 5.75 Å². The Labute approximate surface area is 216 Å². The Balaban J connectivity index is 0.000000345. The Bertz CT molecular complexity index is 1030. The summed E-state index contributed by atoms with van der Waals surface area (Å²) in [6, 6.07) is 6.41. The number of fused-ring (bicyclic) bond motifs is 3. The van der Waals surface area contributed by atoms with Crippen LogP contribution in [0.15, 0.2) is 18.2 Å². The normalized spacial score (nSPS) is 18.3. The molecule has 2 amide bonds. The maximum atomic E-state index is 13.4. The highest BCUT2D eigenvalue weighted by Gasteiger charge is 2.36. The Hall–Kier alpha value is -2.70. The molecule has 7 nitrogen and oxygen atoms in total. The SMILES string of the molecule is CNC(=O)OC(C)(C)C.COc1ccc2[nH]c3c(c2c1)CCN(C(=O)C1CCCCC1)C3CC(C)C. The first-order valence-corrected chi connectivity index (χ1v) is 13.4. The van der Waals surface area contributed by atoms with Crippen LogP contribution in [-0.4, -0.2) is 48.2 Å². The van der Waals surface area contributed by atoms with Crippen molar-refractivity contribution in [1.82, 2.24) is 15.2 Å². The maximum Gasteiger partial charge on any atom is 0.407 e. The van der Waals surface area contributed by atoms with Crippen molar-refractivity contribution < 1.29 is 19.1 Å². The Morgan fingerprint density at radius 1 is 1.17 bits per heavy atom. The van der Waals surface area contributed by atoms with Gasteiger partial charge in [-0.05, 0) is 76.1 Å². The molecule has 1 fully saturated rings. The van der Waals surface area contributed by atoms with Crippen LogP contribution < -0.4 is 10.1 Å². The van der Waals surface area contributed by atoms with Gasteiger partial charge in [0.05, 0.1) is 13.2 Å². The van der Waals surface area contributed by atoms with E-state index in [0.717, 1.165) is 43.5 Å². The second-order valence-corrected chi connectivity index (χ2v) is 11.4. The van der Waals surface area contributed by atoms with Gasteiger partial charge in [0.25, 0.3) is 0 Å². The predicted octanol–water partition coefficient (Wildman–Crippen LogP) is 6.37. The number of aromatic amines is 1. The van der Waals surface area contributed by atoms with Crippen molar-refractivity contribution in [2.45, 2.75) is 91.2 Å². The first-order chi connectivity index (χ1) is 17.0. The molecule has 1 aromatic heterocycles. The van der Waals surface area contributed by atoms with Gasteiger partial charge in [-0.25, -0.2) is 4.79 Å². The fraction of sp³-hybridized carbons (Fsp3) is 0.655. The number of alkyl carbamates (subject to hydrolysis) is 1. The van der Waals surface area contributed by atoms with Crippen molar-refractivity contribution in [3.05, 3.63) is 29.5 Å². The largest absolute Gasteiger partial charge is 0.497 e. The van der Waals surface area contributed by atoms with Crippen LogP contribution in [0, 0.1) is 11.8 Å². The van der Waals surface area contributed by atoms with Gasteiger partial charge in [0.2, 0.25) is 5.91 Å². The standard InChI is InChI=1S/C23H32N2O2.C6H13NO2/c1-15(2)13-21-22-18(19-14-17(27-3)9-10-20(19)24-22)11-12-25(21)23(26)16-7-5-4-6-8-16;1-6(2,3)9-5(8)7-4/h9-10,14-16,21,24H,4-8,11-13H2,1-3H3;1-4H3,(H,7,8). The van der Waals surface area contributed by atoms with Crippen molar-refractivity contribution >= 4 is 22.9 Å². The average Bonchev–Trinajstić information content (AvgIpc) is 3.21. The molecule has 0 saturated heterocycles. The number of ether oxygens (including phenoxy) is 2. The van der Waals surface area contributed by atoms with Gasteiger partial charge >= 0.3 is 6.09 Å². The quantitative estimate of drug-likeness (QED) is 0.512.